The SMILES string of the molecule is Cc1cc(N)ccc1Oc1cc(C(F)F)nc2c(F)cccc12. The third-order valence-corrected chi connectivity index (χ3v) is 3.41. The summed E-state index contributed by atoms with van der Waals surface area (Å²) < 4.78 is 45.7. The standard InChI is InChI=1S/C17H13F3N2O/c1-9-7-10(21)5-6-14(9)23-15-8-13(17(19)20)22-16-11(15)3-2-4-12(16)18/h2-8,17H,21H2,1H3. The summed E-state index contributed by atoms with van der Waals surface area (Å²) in [6.07, 6.45) is -2.83. The van der Waals surface area contributed by atoms with Crippen molar-refractivity contribution in [3.05, 3.63) is 59.5 Å². The Morgan fingerprint density at radius 2 is 1.87 bits per heavy atom. The molecule has 118 valence electrons. The molecule has 0 amide bonds. The molecule has 0 aliphatic rings. The zero-order valence-electron chi connectivity index (χ0n) is 12.2. The highest BCUT2D eigenvalue weighted by Gasteiger charge is 2.17. The van der Waals surface area contributed by atoms with E-state index in [9.17, 15) is 13.2 Å². The summed E-state index contributed by atoms with van der Waals surface area (Å²) in [5.41, 5.74) is 6.30. The number of pyridine rings is 1. The summed E-state index contributed by atoms with van der Waals surface area (Å²) in [6, 6.07) is 10.3. The fraction of sp³-hybridized carbons (Fsp3) is 0.118. The molecular weight excluding hydrogens is 305 g/mol. The first-order valence-electron chi connectivity index (χ1n) is 6.87. The first-order chi connectivity index (χ1) is 11.0. The van der Waals surface area contributed by atoms with Crippen LogP contribution < -0.4 is 10.5 Å². The third-order valence-electron chi connectivity index (χ3n) is 3.41. The lowest BCUT2D eigenvalue weighted by Crippen LogP contribution is -1.97. The van der Waals surface area contributed by atoms with Crippen LogP contribution in [0.1, 0.15) is 17.7 Å². The van der Waals surface area contributed by atoms with Crippen LogP contribution in [0.2, 0.25) is 0 Å². The van der Waals surface area contributed by atoms with Gasteiger partial charge in [0, 0.05) is 17.1 Å². The number of nitrogen functional groups attached to an aromatic ring is 1. The van der Waals surface area contributed by atoms with E-state index in [1.165, 1.54) is 12.1 Å². The Kier molecular flexibility index (Phi) is 3.82. The predicted octanol–water partition coefficient (Wildman–Crippen LogP) is 4.99. The Morgan fingerprint density at radius 3 is 2.57 bits per heavy atom. The Labute approximate surface area is 130 Å². The molecule has 3 aromatic rings. The molecule has 2 aromatic carbocycles. The van der Waals surface area contributed by atoms with Crippen LogP contribution in [0.4, 0.5) is 18.9 Å². The summed E-state index contributed by atoms with van der Waals surface area (Å²) >= 11 is 0. The van der Waals surface area contributed by atoms with Crippen molar-refractivity contribution < 1.29 is 17.9 Å². The molecule has 3 rings (SSSR count). The predicted molar refractivity (Wildman–Crippen MR) is 82.3 cm³/mol. The molecular formula is C17H13F3N2O. The molecule has 0 radical (unpaired) electrons. The average molecular weight is 318 g/mol. The van der Waals surface area contributed by atoms with Gasteiger partial charge in [-0.05, 0) is 42.8 Å². The lowest BCUT2D eigenvalue weighted by Gasteiger charge is -2.13. The van der Waals surface area contributed by atoms with Crippen molar-refractivity contribution in [2.45, 2.75) is 13.3 Å². The van der Waals surface area contributed by atoms with E-state index in [1.807, 2.05) is 0 Å². The Morgan fingerprint density at radius 1 is 1.09 bits per heavy atom. The van der Waals surface area contributed by atoms with Gasteiger partial charge in [0.1, 0.15) is 28.5 Å². The van der Waals surface area contributed by atoms with Crippen LogP contribution in [-0.2, 0) is 0 Å². The monoisotopic (exact) mass is 318 g/mol. The minimum Gasteiger partial charge on any atom is -0.456 e. The van der Waals surface area contributed by atoms with Gasteiger partial charge in [-0.1, -0.05) is 6.07 Å². The van der Waals surface area contributed by atoms with Gasteiger partial charge in [-0.2, -0.15) is 0 Å². The number of nitrogens with zero attached hydrogens (tertiary/aromatic N) is 1. The number of alkyl halides is 2. The van der Waals surface area contributed by atoms with Crippen molar-refractivity contribution in [3.63, 3.8) is 0 Å². The molecule has 0 unspecified atom stereocenters. The van der Waals surface area contributed by atoms with Gasteiger partial charge in [-0.3, -0.25) is 0 Å². The number of rotatable bonds is 3. The second-order valence-electron chi connectivity index (χ2n) is 5.11. The first-order valence-corrected chi connectivity index (χ1v) is 6.87. The molecule has 6 heteroatoms. The topological polar surface area (TPSA) is 48.1 Å². The smallest absolute Gasteiger partial charge is 0.280 e. The van der Waals surface area contributed by atoms with Crippen molar-refractivity contribution in [3.8, 4) is 11.5 Å². The second kappa shape index (κ2) is 5.79. The van der Waals surface area contributed by atoms with E-state index in [2.05, 4.69) is 4.98 Å². The summed E-state index contributed by atoms with van der Waals surface area (Å²) in [4.78, 5) is 3.69. The number of nitrogens with two attached hydrogens (primary N) is 1. The minimum absolute atomic E-state index is 0.123. The molecule has 1 aromatic heterocycles. The molecule has 0 spiro atoms. The molecule has 0 bridgehead atoms. The number of halogens is 3. The number of aryl methyl sites for hydroxylation is 1. The van der Waals surface area contributed by atoms with Crippen molar-refractivity contribution in [2.24, 2.45) is 0 Å². The molecule has 1 heterocycles. The Bertz CT molecular complexity index is 881. The highest BCUT2D eigenvalue weighted by molar-refractivity contribution is 5.86. The molecule has 23 heavy (non-hydrogen) atoms. The van der Waals surface area contributed by atoms with Crippen LogP contribution in [-0.4, -0.2) is 4.98 Å². The zero-order chi connectivity index (χ0) is 16.6. The van der Waals surface area contributed by atoms with E-state index in [1.54, 1.807) is 31.2 Å². The van der Waals surface area contributed by atoms with E-state index in [4.69, 9.17) is 10.5 Å². The number of aromatic nitrogens is 1. The first kappa shape index (κ1) is 15.1. The van der Waals surface area contributed by atoms with E-state index in [-0.39, 0.29) is 11.3 Å². The minimum atomic E-state index is -2.83. The van der Waals surface area contributed by atoms with Crippen molar-refractivity contribution in [2.75, 3.05) is 5.73 Å². The largest absolute Gasteiger partial charge is 0.456 e. The van der Waals surface area contributed by atoms with Crippen LogP contribution in [0.15, 0.2) is 42.5 Å². The number of hydrogen-bond donors (Lipinski definition) is 1. The average Bonchev–Trinajstić information content (AvgIpc) is 2.50. The summed E-state index contributed by atoms with van der Waals surface area (Å²) in [5, 5.41) is 0.325. The number of fused-ring (bicyclic) bond motifs is 1. The van der Waals surface area contributed by atoms with Gasteiger partial charge in [0.25, 0.3) is 6.43 Å². The van der Waals surface area contributed by atoms with Gasteiger partial charge in [-0.25, -0.2) is 18.2 Å². The van der Waals surface area contributed by atoms with Crippen LogP contribution in [0.25, 0.3) is 10.9 Å². The Hall–Kier alpha value is -2.76. The number of para-hydroxylation sites is 1. The quantitative estimate of drug-likeness (QED) is 0.692. The lowest BCUT2D eigenvalue weighted by atomic mass is 10.1. The van der Waals surface area contributed by atoms with E-state index in [0.717, 1.165) is 11.6 Å². The third kappa shape index (κ3) is 2.92. The molecule has 0 aliphatic heterocycles. The maximum absolute atomic E-state index is 13.9. The summed E-state index contributed by atoms with van der Waals surface area (Å²) in [7, 11) is 0. The van der Waals surface area contributed by atoms with Gasteiger partial charge >= 0.3 is 0 Å². The van der Waals surface area contributed by atoms with Crippen molar-refractivity contribution in [1.29, 1.82) is 0 Å². The van der Waals surface area contributed by atoms with E-state index in [0.29, 0.717) is 16.8 Å². The van der Waals surface area contributed by atoms with Gasteiger partial charge in [0.2, 0.25) is 0 Å². The highest BCUT2D eigenvalue weighted by atomic mass is 19.3. The van der Waals surface area contributed by atoms with Crippen LogP contribution >= 0.6 is 0 Å². The summed E-state index contributed by atoms with van der Waals surface area (Å²) in [6.45, 7) is 1.78. The molecule has 0 aliphatic carbocycles. The normalized spacial score (nSPS) is 11.2. The number of hydrogen-bond acceptors (Lipinski definition) is 3. The fourth-order valence-corrected chi connectivity index (χ4v) is 2.30. The number of ether oxygens (including phenoxy) is 1. The summed E-state index contributed by atoms with van der Waals surface area (Å²) in [5.74, 6) is -0.0993. The highest BCUT2D eigenvalue weighted by Crippen LogP contribution is 2.35. The van der Waals surface area contributed by atoms with Crippen LogP contribution in [0.3, 0.4) is 0 Å². The van der Waals surface area contributed by atoms with E-state index < -0.39 is 17.9 Å². The van der Waals surface area contributed by atoms with Crippen molar-refractivity contribution >= 4 is 16.6 Å². The van der Waals surface area contributed by atoms with Gasteiger partial charge in [-0.15, -0.1) is 0 Å². The van der Waals surface area contributed by atoms with Gasteiger partial charge in [0.05, 0.1) is 0 Å². The fourth-order valence-electron chi connectivity index (χ4n) is 2.30. The number of benzene rings is 2. The van der Waals surface area contributed by atoms with E-state index >= 15 is 0 Å². The van der Waals surface area contributed by atoms with Gasteiger partial charge < -0.3 is 10.5 Å². The van der Waals surface area contributed by atoms with Crippen LogP contribution in [0.5, 0.6) is 11.5 Å². The zero-order valence-corrected chi connectivity index (χ0v) is 12.2. The molecule has 0 atom stereocenters. The molecule has 2 N–H and O–H groups in total. The molecule has 3 nitrogen and oxygen atoms in total. The number of anilines is 1. The lowest BCUT2D eigenvalue weighted by molar-refractivity contribution is 0.146. The maximum Gasteiger partial charge on any atom is 0.280 e. The van der Waals surface area contributed by atoms with Gasteiger partial charge in [0.15, 0.2) is 0 Å². The maximum atomic E-state index is 13.9. The second-order valence-corrected chi connectivity index (χ2v) is 5.11. The Balaban J connectivity index is 2.17. The van der Waals surface area contributed by atoms with Crippen molar-refractivity contribution in [1.82, 2.24) is 4.98 Å². The van der Waals surface area contributed by atoms with Crippen LogP contribution in [0, 0.1) is 12.7 Å². The molecule has 0 fully saturated rings. The molecule has 0 saturated heterocycles. The molecule has 0 saturated carbocycles.